The molecule has 0 amide bonds. The van der Waals surface area contributed by atoms with E-state index in [-0.39, 0.29) is 6.10 Å². The maximum absolute atomic E-state index is 9.50. The molecule has 1 N–H and O–H groups in total. The van der Waals surface area contributed by atoms with Gasteiger partial charge in [-0.2, -0.15) is 0 Å². The van der Waals surface area contributed by atoms with E-state index in [1.807, 2.05) is 12.1 Å². The molecular weight excluding hydrogens is 266 g/mol. The van der Waals surface area contributed by atoms with E-state index in [2.05, 4.69) is 4.90 Å². The van der Waals surface area contributed by atoms with Crippen molar-refractivity contribution in [2.45, 2.75) is 25.5 Å². The highest BCUT2D eigenvalue weighted by molar-refractivity contribution is 6.32. The molecule has 4 nitrogen and oxygen atoms in total. The summed E-state index contributed by atoms with van der Waals surface area (Å²) in [5, 5.41) is 10.1. The summed E-state index contributed by atoms with van der Waals surface area (Å²) in [6, 6.07) is 3.86. The van der Waals surface area contributed by atoms with Crippen molar-refractivity contribution in [1.82, 2.24) is 4.90 Å². The largest absolute Gasteiger partial charge is 0.493 e. The number of nitrogens with zero attached hydrogens (tertiary/aromatic N) is 1. The molecule has 5 heteroatoms. The molecule has 1 aliphatic rings. The van der Waals surface area contributed by atoms with Gasteiger partial charge in [-0.25, -0.2) is 0 Å². The van der Waals surface area contributed by atoms with E-state index >= 15 is 0 Å². The van der Waals surface area contributed by atoms with E-state index in [9.17, 15) is 5.11 Å². The fraction of sp³-hybridized carbons (Fsp3) is 0.571. The van der Waals surface area contributed by atoms with Crippen LogP contribution in [0.5, 0.6) is 11.5 Å². The van der Waals surface area contributed by atoms with Gasteiger partial charge in [0.1, 0.15) is 0 Å². The maximum atomic E-state index is 9.50. The van der Waals surface area contributed by atoms with Gasteiger partial charge in [-0.3, -0.25) is 4.90 Å². The van der Waals surface area contributed by atoms with Crippen LogP contribution in [-0.2, 0) is 6.54 Å². The molecule has 1 heterocycles. The Kier molecular flexibility index (Phi) is 4.91. The van der Waals surface area contributed by atoms with Gasteiger partial charge in [-0.05, 0) is 30.5 Å². The lowest BCUT2D eigenvalue weighted by Gasteiger charge is -2.29. The Morgan fingerprint density at radius 3 is 2.53 bits per heavy atom. The first-order valence-corrected chi connectivity index (χ1v) is 6.82. The van der Waals surface area contributed by atoms with Crippen LogP contribution in [0.25, 0.3) is 0 Å². The Morgan fingerprint density at radius 2 is 1.95 bits per heavy atom. The van der Waals surface area contributed by atoms with Gasteiger partial charge in [-0.15, -0.1) is 0 Å². The molecule has 0 aliphatic carbocycles. The zero-order chi connectivity index (χ0) is 13.8. The van der Waals surface area contributed by atoms with Crippen LogP contribution in [0.3, 0.4) is 0 Å². The number of ether oxygens (including phenoxy) is 2. The molecule has 0 spiro atoms. The number of piperidine rings is 1. The van der Waals surface area contributed by atoms with Gasteiger partial charge < -0.3 is 14.6 Å². The Balaban J connectivity index is 2.10. The lowest BCUT2D eigenvalue weighted by atomic mass is 10.1. The third kappa shape index (κ3) is 3.53. The molecule has 0 saturated carbocycles. The molecule has 1 saturated heterocycles. The number of rotatable bonds is 4. The van der Waals surface area contributed by atoms with Crippen molar-refractivity contribution >= 4 is 11.6 Å². The standard InChI is InChI=1S/C14H20ClNO3/c1-18-13-8-10(7-12(15)14(13)19-2)9-16-5-3-11(17)4-6-16/h7-8,11,17H,3-6,9H2,1-2H3. The fourth-order valence-electron chi connectivity index (χ4n) is 2.40. The van der Waals surface area contributed by atoms with Crippen molar-refractivity contribution in [3.05, 3.63) is 22.7 Å². The number of aliphatic hydroxyl groups is 1. The van der Waals surface area contributed by atoms with E-state index in [4.69, 9.17) is 21.1 Å². The van der Waals surface area contributed by atoms with Crippen molar-refractivity contribution < 1.29 is 14.6 Å². The number of benzene rings is 1. The first-order chi connectivity index (χ1) is 9.13. The first kappa shape index (κ1) is 14.4. The average Bonchev–Trinajstić information content (AvgIpc) is 2.40. The smallest absolute Gasteiger partial charge is 0.179 e. The lowest BCUT2D eigenvalue weighted by molar-refractivity contribution is 0.0792. The van der Waals surface area contributed by atoms with Crippen LogP contribution in [0.1, 0.15) is 18.4 Å². The van der Waals surface area contributed by atoms with Gasteiger partial charge >= 0.3 is 0 Å². The topological polar surface area (TPSA) is 41.9 Å². The summed E-state index contributed by atoms with van der Waals surface area (Å²) in [4.78, 5) is 2.31. The molecule has 0 atom stereocenters. The molecular formula is C14H20ClNO3. The Bertz CT molecular complexity index is 431. The molecule has 1 aromatic rings. The van der Waals surface area contributed by atoms with Crippen LogP contribution in [0.4, 0.5) is 0 Å². The maximum Gasteiger partial charge on any atom is 0.179 e. The molecule has 0 unspecified atom stereocenters. The lowest BCUT2D eigenvalue weighted by Crippen LogP contribution is -2.35. The summed E-state index contributed by atoms with van der Waals surface area (Å²) in [7, 11) is 3.19. The molecule has 2 rings (SSSR count). The molecule has 0 aromatic heterocycles. The molecule has 1 fully saturated rings. The van der Waals surface area contributed by atoms with Crippen LogP contribution < -0.4 is 9.47 Å². The number of halogens is 1. The van der Waals surface area contributed by atoms with Crippen molar-refractivity contribution in [2.75, 3.05) is 27.3 Å². The second kappa shape index (κ2) is 6.46. The first-order valence-electron chi connectivity index (χ1n) is 6.45. The number of likely N-dealkylation sites (tertiary alicyclic amines) is 1. The Morgan fingerprint density at radius 1 is 1.26 bits per heavy atom. The minimum absolute atomic E-state index is 0.148. The van der Waals surface area contributed by atoms with Gasteiger partial charge in [0.05, 0.1) is 25.3 Å². The predicted octanol–water partition coefficient (Wildman–Crippen LogP) is 2.31. The summed E-state index contributed by atoms with van der Waals surface area (Å²) >= 11 is 6.19. The summed E-state index contributed by atoms with van der Waals surface area (Å²) in [6.45, 7) is 2.63. The second-order valence-electron chi connectivity index (χ2n) is 4.82. The summed E-state index contributed by atoms with van der Waals surface area (Å²) in [5.74, 6) is 1.23. The minimum Gasteiger partial charge on any atom is -0.493 e. The highest BCUT2D eigenvalue weighted by Crippen LogP contribution is 2.36. The normalized spacial score (nSPS) is 17.5. The highest BCUT2D eigenvalue weighted by atomic mass is 35.5. The van der Waals surface area contributed by atoms with Crippen LogP contribution in [-0.4, -0.2) is 43.4 Å². The Hall–Kier alpha value is -0.970. The number of hydrogen-bond acceptors (Lipinski definition) is 4. The molecule has 0 radical (unpaired) electrons. The van der Waals surface area contributed by atoms with Crippen LogP contribution >= 0.6 is 11.6 Å². The Labute approximate surface area is 118 Å². The zero-order valence-electron chi connectivity index (χ0n) is 11.4. The average molecular weight is 286 g/mol. The molecule has 1 aromatic carbocycles. The summed E-state index contributed by atoms with van der Waals surface area (Å²) < 4.78 is 10.5. The third-order valence-corrected chi connectivity index (χ3v) is 3.74. The van der Waals surface area contributed by atoms with E-state index in [1.54, 1.807) is 14.2 Å². The number of aliphatic hydroxyl groups excluding tert-OH is 1. The third-order valence-electron chi connectivity index (χ3n) is 3.46. The molecule has 19 heavy (non-hydrogen) atoms. The van der Waals surface area contributed by atoms with Crippen molar-refractivity contribution in [2.24, 2.45) is 0 Å². The number of hydrogen-bond donors (Lipinski definition) is 1. The van der Waals surface area contributed by atoms with Crippen LogP contribution in [0, 0.1) is 0 Å². The molecule has 0 bridgehead atoms. The van der Waals surface area contributed by atoms with Gasteiger partial charge in [0, 0.05) is 19.6 Å². The van der Waals surface area contributed by atoms with Crippen molar-refractivity contribution in [3.63, 3.8) is 0 Å². The van der Waals surface area contributed by atoms with Gasteiger partial charge in [0.25, 0.3) is 0 Å². The van der Waals surface area contributed by atoms with E-state index in [0.29, 0.717) is 16.5 Å². The van der Waals surface area contributed by atoms with Gasteiger partial charge in [0.15, 0.2) is 11.5 Å². The van der Waals surface area contributed by atoms with Crippen LogP contribution in [0.15, 0.2) is 12.1 Å². The fourth-order valence-corrected chi connectivity index (χ4v) is 2.71. The van der Waals surface area contributed by atoms with Gasteiger partial charge in [0.2, 0.25) is 0 Å². The molecule has 106 valence electrons. The summed E-state index contributed by atoms with van der Waals surface area (Å²) in [5.41, 5.74) is 1.10. The van der Waals surface area contributed by atoms with E-state index in [0.717, 1.165) is 38.0 Å². The zero-order valence-corrected chi connectivity index (χ0v) is 12.1. The monoisotopic (exact) mass is 285 g/mol. The second-order valence-corrected chi connectivity index (χ2v) is 5.23. The van der Waals surface area contributed by atoms with E-state index in [1.165, 1.54) is 0 Å². The number of methoxy groups -OCH3 is 2. The summed E-state index contributed by atoms with van der Waals surface area (Å²) in [6.07, 6.45) is 1.52. The minimum atomic E-state index is -0.148. The van der Waals surface area contributed by atoms with Crippen molar-refractivity contribution in [1.29, 1.82) is 0 Å². The molecule has 1 aliphatic heterocycles. The van der Waals surface area contributed by atoms with Gasteiger partial charge in [-0.1, -0.05) is 11.6 Å². The van der Waals surface area contributed by atoms with Crippen LogP contribution in [0.2, 0.25) is 5.02 Å². The SMILES string of the molecule is COc1cc(CN2CCC(O)CC2)cc(Cl)c1OC. The van der Waals surface area contributed by atoms with Crippen molar-refractivity contribution in [3.8, 4) is 11.5 Å². The highest BCUT2D eigenvalue weighted by Gasteiger charge is 2.18. The predicted molar refractivity (Wildman–Crippen MR) is 75.1 cm³/mol. The van der Waals surface area contributed by atoms with E-state index < -0.39 is 0 Å². The quantitative estimate of drug-likeness (QED) is 0.922.